The predicted octanol–water partition coefficient (Wildman–Crippen LogP) is 3.16. The van der Waals surface area contributed by atoms with Crippen molar-refractivity contribution in [2.75, 3.05) is 13.1 Å². The zero-order chi connectivity index (χ0) is 14.2. The average Bonchev–Trinajstić information content (AvgIpc) is 2.78. The maximum atomic E-state index is 11.5. The summed E-state index contributed by atoms with van der Waals surface area (Å²) in [6, 6.07) is 6.22. The molecule has 1 aromatic carbocycles. The molecule has 4 heteroatoms. The highest BCUT2D eigenvalue weighted by Gasteiger charge is 2.39. The lowest BCUT2D eigenvalue weighted by atomic mass is 9.88. The second-order valence-corrected chi connectivity index (χ2v) is 6.01. The van der Waals surface area contributed by atoms with Gasteiger partial charge in [-0.15, -0.1) is 0 Å². The van der Waals surface area contributed by atoms with Crippen molar-refractivity contribution in [1.82, 2.24) is 4.90 Å². The van der Waals surface area contributed by atoms with E-state index in [1.165, 1.54) is 0 Å². The summed E-state index contributed by atoms with van der Waals surface area (Å²) in [5, 5.41) is 10.1. The summed E-state index contributed by atoms with van der Waals surface area (Å²) in [5.41, 5.74) is 2.09. The first kappa shape index (κ1) is 14.4. The van der Waals surface area contributed by atoms with Gasteiger partial charge in [0, 0.05) is 30.1 Å². The number of halogens is 1. The summed E-state index contributed by atoms with van der Waals surface area (Å²) in [6.07, 6.45) is 0. The number of aliphatic carboxylic acids is 1. The first-order valence-corrected chi connectivity index (χ1v) is 7.01. The Labute approximate surface area is 119 Å². The summed E-state index contributed by atoms with van der Waals surface area (Å²) < 4.78 is 0. The van der Waals surface area contributed by atoms with Gasteiger partial charge < -0.3 is 5.11 Å². The molecule has 2 atom stereocenters. The van der Waals surface area contributed by atoms with Gasteiger partial charge in [0.25, 0.3) is 0 Å². The van der Waals surface area contributed by atoms with Crippen molar-refractivity contribution in [2.24, 2.45) is 5.92 Å². The number of carboxylic acids is 1. The minimum Gasteiger partial charge on any atom is -0.481 e. The topological polar surface area (TPSA) is 40.5 Å². The van der Waals surface area contributed by atoms with Crippen LogP contribution in [0.15, 0.2) is 18.2 Å². The molecule has 1 saturated heterocycles. The number of likely N-dealkylation sites (tertiary alicyclic amines) is 1. The maximum Gasteiger partial charge on any atom is 0.308 e. The first-order chi connectivity index (χ1) is 8.90. The van der Waals surface area contributed by atoms with Gasteiger partial charge in [-0.1, -0.05) is 23.7 Å². The second-order valence-electron chi connectivity index (χ2n) is 5.61. The van der Waals surface area contributed by atoms with Gasteiger partial charge >= 0.3 is 5.97 Å². The van der Waals surface area contributed by atoms with Gasteiger partial charge in [0.1, 0.15) is 0 Å². The fourth-order valence-electron chi connectivity index (χ4n) is 2.74. The van der Waals surface area contributed by atoms with Gasteiger partial charge in [0.2, 0.25) is 0 Å². The number of aryl methyl sites for hydroxylation is 1. The van der Waals surface area contributed by atoms with E-state index in [0.717, 1.165) is 22.7 Å². The third-order valence-corrected chi connectivity index (χ3v) is 4.43. The van der Waals surface area contributed by atoms with Crippen LogP contribution in [-0.2, 0) is 4.79 Å². The Kier molecular flexibility index (Phi) is 4.16. The van der Waals surface area contributed by atoms with Crippen molar-refractivity contribution in [2.45, 2.75) is 32.7 Å². The minimum atomic E-state index is -0.708. The fraction of sp³-hybridized carbons (Fsp3) is 0.533. The highest BCUT2D eigenvalue weighted by atomic mass is 35.5. The Balaban J connectivity index is 2.30. The lowest BCUT2D eigenvalue weighted by Gasteiger charge is -2.20. The predicted molar refractivity (Wildman–Crippen MR) is 76.8 cm³/mol. The number of hydrogen-bond donors (Lipinski definition) is 1. The normalized spacial score (nSPS) is 24.1. The molecule has 1 aromatic rings. The quantitative estimate of drug-likeness (QED) is 0.925. The standard InChI is InChI=1S/C15H20ClNO2/c1-9(2)17-7-12(13(8-17)15(18)19)11-4-5-14(16)10(3)6-11/h4-6,9,12-13H,7-8H2,1-3H3,(H,18,19). The van der Waals surface area contributed by atoms with E-state index in [-0.39, 0.29) is 11.8 Å². The van der Waals surface area contributed by atoms with E-state index < -0.39 is 5.97 Å². The van der Waals surface area contributed by atoms with Gasteiger partial charge in [-0.05, 0) is 38.0 Å². The van der Waals surface area contributed by atoms with Crippen LogP contribution in [-0.4, -0.2) is 35.1 Å². The van der Waals surface area contributed by atoms with Crippen LogP contribution in [0.5, 0.6) is 0 Å². The van der Waals surface area contributed by atoms with E-state index in [4.69, 9.17) is 11.6 Å². The van der Waals surface area contributed by atoms with E-state index in [0.29, 0.717) is 12.6 Å². The average molecular weight is 282 g/mol. The number of carboxylic acid groups (broad SMARTS) is 1. The van der Waals surface area contributed by atoms with Crippen molar-refractivity contribution >= 4 is 17.6 Å². The van der Waals surface area contributed by atoms with Crippen LogP contribution in [0.4, 0.5) is 0 Å². The lowest BCUT2D eigenvalue weighted by Crippen LogP contribution is -2.29. The Bertz CT molecular complexity index is 487. The minimum absolute atomic E-state index is 0.0517. The van der Waals surface area contributed by atoms with Crippen LogP contribution < -0.4 is 0 Å². The molecule has 0 spiro atoms. The Morgan fingerprint density at radius 1 is 1.42 bits per heavy atom. The van der Waals surface area contributed by atoms with E-state index in [2.05, 4.69) is 18.7 Å². The highest BCUT2D eigenvalue weighted by Crippen LogP contribution is 2.35. The summed E-state index contributed by atoms with van der Waals surface area (Å²) in [4.78, 5) is 13.7. The van der Waals surface area contributed by atoms with Crippen molar-refractivity contribution in [1.29, 1.82) is 0 Å². The summed E-state index contributed by atoms with van der Waals surface area (Å²) in [7, 11) is 0. The lowest BCUT2D eigenvalue weighted by molar-refractivity contribution is -0.141. The van der Waals surface area contributed by atoms with E-state index >= 15 is 0 Å². The Morgan fingerprint density at radius 2 is 2.11 bits per heavy atom. The fourth-order valence-corrected chi connectivity index (χ4v) is 2.86. The summed E-state index contributed by atoms with van der Waals surface area (Å²) in [6.45, 7) is 7.59. The second kappa shape index (κ2) is 5.51. The zero-order valence-corrected chi connectivity index (χ0v) is 12.3. The van der Waals surface area contributed by atoms with Crippen LogP contribution in [0.1, 0.15) is 30.9 Å². The molecule has 0 radical (unpaired) electrons. The molecule has 19 heavy (non-hydrogen) atoms. The zero-order valence-electron chi connectivity index (χ0n) is 11.6. The van der Waals surface area contributed by atoms with Gasteiger partial charge in [0.15, 0.2) is 0 Å². The molecule has 0 amide bonds. The third kappa shape index (κ3) is 2.93. The molecule has 1 aliphatic rings. The molecule has 3 nitrogen and oxygen atoms in total. The SMILES string of the molecule is Cc1cc(C2CN(C(C)C)CC2C(=O)O)ccc1Cl. The summed E-state index contributed by atoms with van der Waals surface area (Å²) in [5.74, 6) is -0.986. The molecule has 1 aliphatic heterocycles. The van der Waals surface area contributed by atoms with Crippen molar-refractivity contribution in [3.05, 3.63) is 34.3 Å². The summed E-state index contributed by atoms with van der Waals surface area (Å²) >= 11 is 6.04. The number of rotatable bonds is 3. The monoisotopic (exact) mass is 281 g/mol. The molecule has 2 unspecified atom stereocenters. The molecule has 1 heterocycles. The van der Waals surface area contributed by atoms with Gasteiger partial charge in [0.05, 0.1) is 5.92 Å². The molecule has 0 aromatic heterocycles. The third-order valence-electron chi connectivity index (χ3n) is 4.01. The highest BCUT2D eigenvalue weighted by molar-refractivity contribution is 6.31. The van der Waals surface area contributed by atoms with Gasteiger partial charge in [-0.25, -0.2) is 0 Å². The van der Waals surface area contributed by atoms with Crippen molar-refractivity contribution in [3.63, 3.8) is 0 Å². The number of benzene rings is 1. The van der Waals surface area contributed by atoms with Crippen molar-refractivity contribution in [3.8, 4) is 0 Å². The molecular weight excluding hydrogens is 262 g/mol. The van der Waals surface area contributed by atoms with Crippen LogP contribution in [0.25, 0.3) is 0 Å². The molecule has 0 aliphatic carbocycles. The number of carbonyl (C=O) groups is 1. The molecule has 1 N–H and O–H groups in total. The van der Waals surface area contributed by atoms with E-state index in [1.54, 1.807) is 0 Å². The molecule has 2 rings (SSSR count). The number of hydrogen-bond acceptors (Lipinski definition) is 2. The number of nitrogens with zero attached hydrogens (tertiary/aromatic N) is 1. The Morgan fingerprint density at radius 3 is 2.63 bits per heavy atom. The molecule has 1 fully saturated rings. The van der Waals surface area contributed by atoms with Crippen LogP contribution >= 0.6 is 11.6 Å². The van der Waals surface area contributed by atoms with Crippen molar-refractivity contribution < 1.29 is 9.90 Å². The Hall–Kier alpha value is -1.06. The van der Waals surface area contributed by atoms with E-state index in [1.807, 2.05) is 25.1 Å². The molecular formula is C15H20ClNO2. The van der Waals surface area contributed by atoms with Crippen LogP contribution in [0.3, 0.4) is 0 Å². The maximum absolute atomic E-state index is 11.5. The van der Waals surface area contributed by atoms with Gasteiger partial charge in [-0.2, -0.15) is 0 Å². The van der Waals surface area contributed by atoms with Crippen LogP contribution in [0.2, 0.25) is 5.02 Å². The first-order valence-electron chi connectivity index (χ1n) is 6.63. The van der Waals surface area contributed by atoms with E-state index in [9.17, 15) is 9.90 Å². The molecule has 0 saturated carbocycles. The largest absolute Gasteiger partial charge is 0.481 e. The molecule has 104 valence electrons. The van der Waals surface area contributed by atoms with Crippen LogP contribution in [0, 0.1) is 12.8 Å². The molecule has 0 bridgehead atoms. The van der Waals surface area contributed by atoms with Gasteiger partial charge in [-0.3, -0.25) is 9.69 Å². The smallest absolute Gasteiger partial charge is 0.308 e.